The van der Waals surface area contributed by atoms with Gasteiger partial charge in [0.1, 0.15) is 6.33 Å². The Morgan fingerprint density at radius 3 is 3.06 bits per heavy atom. The van der Waals surface area contributed by atoms with Gasteiger partial charge in [-0.15, -0.1) is 10.2 Å². The molecular weight excluding hydrogens is 298 g/mol. The van der Waals surface area contributed by atoms with Crippen LogP contribution in [0.4, 0.5) is 5.69 Å². The molecule has 0 aliphatic rings. The number of nitrogen functional groups attached to an aromatic ring is 1. The van der Waals surface area contributed by atoms with Crippen molar-refractivity contribution in [1.82, 2.24) is 19.6 Å². The van der Waals surface area contributed by atoms with Gasteiger partial charge in [0.05, 0.1) is 5.69 Å². The summed E-state index contributed by atoms with van der Waals surface area (Å²) < 4.78 is 8.26. The number of ether oxygens (including phenoxy) is 1. The van der Waals surface area contributed by atoms with E-state index in [0.29, 0.717) is 23.0 Å². The molecule has 7 heteroatoms. The number of rotatable bonds is 2. The predicted octanol–water partition coefficient (Wildman–Crippen LogP) is 2.26. The Labute approximate surface area is 111 Å². The Kier molecular flexibility index (Phi) is 2.60. The third-order valence-corrected chi connectivity index (χ3v) is 2.86. The average Bonchev–Trinajstić information content (AvgIpc) is 2.82. The van der Waals surface area contributed by atoms with Gasteiger partial charge in [-0.25, -0.2) is 4.98 Å². The molecule has 90 valence electrons. The maximum atomic E-state index is 5.86. The average molecular weight is 306 g/mol. The molecule has 0 amide bonds. The summed E-state index contributed by atoms with van der Waals surface area (Å²) >= 11 is 3.34. The Bertz CT molecular complexity index is 711. The van der Waals surface area contributed by atoms with Crippen LogP contribution < -0.4 is 10.5 Å². The van der Waals surface area contributed by atoms with Crippen molar-refractivity contribution >= 4 is 27.3 Å². The number of aromatic nitrogens is 4. The maximum Gasteiger partial charge on any atom is 0.265 e. The molecule has 2 aromatic heterocycles. The van der Waals surface area contributed by atoms with Crippen molar-refractivity contribution < 1.29 is 4.74 Å². The van der Waals surface area contributed by atoms with Crippen LogP contribution in [0.2, 0.25) is 0 Å². The highest BCUT2D eigenvalue weighted by Crippen LogP contribution is 2.30. The van der Waals surface area contributed by atoms with E-state index in [9.17, 15) is 0 Å². The van der Waals surface area contributed by atoms with Gasteiger partial charge in [0.25, 0.3) is 5.88 Å². The third-order valence-electron chi connectivity index (χ3n) is 2.36. The number of halogens is 1. The van der Waals surface area contributed by atoms with Crippen molar-refractivity contribution in [3.05, 3.63) is 41.4 Å². The summed E-state index contributed by atoms with van der Waals surface area (Å²) in [4.78, 5) is 4.13. The summed E-state index contributed by atoms with van der Waals surface area (Å²) in [5, 5.41) is 7.73. The molecule has 0 aliphatic heterocycles. The van der Waals surface area contributed by atoms with Gasteiger partial charge >= 0.3 is 0 Å². The molecule has 0 spiro atoms. The first-order valence-corrected chi connectivity index (χ1v) is 5.90. The van der Waals surface area contributed by atoms with E-state index in [1.165, 1.54) is 0 Å². The molecule has 0 bridgehead atoms. The van der Waals surface area contributed by atoms with Gasteiger partial charge in [0.2, 0.25) is 5.65 Å². The van der Waals surface area contributed by atoms with E-state index in [0.717, 1.165) is 4.47 Å². The summed E-state index contributed by atoms with van der Waals surface area (Å²) in [5.74, 6) is 0.894. The van der Waals surface area contributed by atoms with E-state index in [1.54, 1.807) is 35.3 Å². The van der Waals surface area contributed by atoms with E-state index in [1.807, 2.05) is 6.07 Å². The Balaban J connectivity index is 2.03. The topological polar surface area (TPSA) is 78.3 Å². The number of nitrogens with two attached hydrogens (primary N) is 1. The molecule has 0 unspecified atom stereocenters. The van der Waals surface area contributed by atoms with Crippen molar-refractivity contribution in [2.75, 3.05) is 5.73 Å². The number of benzene rings is 1. The van der Waals surface area contributed by atoms with Gasteiger partial charge < -0.3 is 10.5 Å². The van der Waals surface area contributed by atoms with Crippen LogP contribution in [0, 0.1) is 0 Å². The summed E-state index contributed by atoms with van der Waals surface area (Å²) in [5.41, 5.74) is 6.93. The van der Waals surface area contributed by atoms with Crippen LogP contribution in [0.1, 0.15) is 0 Å². The fourth-order valence-corrected chi connectivity index (χ4v) is 1.90. The van der Waals surface area contributed by atoms with Crippen LogP contribution in [-0.4, -0.2) is 19.6 Å². The predicted molar refractivity (Wildman–Crippen MR) is 69.4 cm³/mol. The van der Waals surface area contributed by atoms with Crippen LogP contribution in [0.15, 0.2) is 41.4 Å². The Morgan fingerprint density at radius 2 is 2.22 bits per heavy atom. The molecule has 0 saturated heterocycles. The van der Waals surface area contributed by atoms with Crippen LogP contribution in [0.5, 0.6) is 11.6 Å². The molecule has 2 N–H and O–H groups in total. The van der Waals surface area contributed by atoms with Gasteiger partial charge in [-0.1, -0.05) is 15.9 Å². The summed E-state index contributed by atoms with van der Waals surface area (Å²) in [6, 6.07) is 5.37. The zero-order valence-corrected chi connectivity index (χ0v) is 10.7. The highest BCUT2D eigenvalue weighted by atomic mass is 79.9. The van der Waals surface area contributed by atoms with E-state index in [2.05, 4.69) is 31.1 Å². The molecular formula is C11H8BrN5O. The Morgan fingerprint density at radius 1 is 1.33 bits per heavy atom. The van der Waals surface area contributed by atoms with Crippen molar-refractivity contribution in [3.63, 3.8) is 0 Å². The van der Waals surface area contributed by atoms with Crippen molar-refractivity contribution in [3.8, 4) is 11.6 Å². The SMILES string of the molecule is Nc1cc(Br)ccc1Oc1nccn2cnnc12. The molecule has 2 heterocycles. The van der Waals surface area contributed by atoms with Gasteiger partial charge in [-0.05, 0) is 18.2 Å². The van der Waals surface area contributed by atoms with Gasteiger partial charge in [-0.2, -0.15) is 0 Å². The second kappa shape index (κ2) is 4.26. The summed E-state index contributed by atoms with van der Waals surface area (Å²) in [7, 11) is 0. The summed E-state index contributed by atoms with van der Waals surface area (Å²) in [6.45, 7) is 0. The lowest BCUT2D eigenvalue weighted by atomic mass is 10.3. The first kappa shape index (κ1) is 11.0. The largest absolute Gasteiger partial charge is 0.434 e. The second-order valence-corrected chi connectivity index (χ2v) is 4.49. The minimum Gasteiger partial charge on any atom is -0.434 e. The number of nitrogens with zero attached hydrogens (tertiary/aromatic N) is 4. The number of hydrogen-bond acceptors (Lipinski definition) is 5. The zero-order chi connectivity index (χ0) is 12.5. The monoisotopic (exact) mass is 305 g/mol. The fourth-order valence-electron chi connectivity index (χ4n) is 1.52. The first-order valence-electron chi connectivity index (χ1n) is 5.11. The minimum absolute atomic E-state index is 0.365. The molecule has 0 aliphatic carbocycles. The Hall–Kier alpha value is -2.15. The molecule has 3 aromatic rings. The standard InChI is InChI=1S/C11H8BrN5O/c12-7-1-2-9(8(13)5-7)18-11-10-16-15-6-17(10)4-3-14-11/h1-6H,13H2. The van der Waals surface area contributed by atoms with Gasteiger partial charge in [0, 0.05) is 16.9 Å². The van der Waals surface area contributed by atoms with E-state index < -0.39 is 0 Å². The van der Waals surface area contributed by atoms with Crippen LogP contribution in [0.3, 0.4) is 0 Å². The van der Waals surface area contributed by atoms with E-state index in [4.69, 9.17) is 10.5 Å². The quantitative estimate of drug-likeness (QED) is 0.735. The smallest absolute Gasteiger partial charge is 0.265 e. The van der Waals surface area contributed by atoms with E-state index >= 15 is 0 Å². The van der Waals surface area contributed by atoms with Crippen molar-refractivity contribution in [2.24, 2.45) is 0 Å². The second-order valence-electron chi connectivity index (χ2n) is 3.58. The van der Waals surface area contributed by atoms with Crippen molar-refractivity contribution in [2.45, 2.75) is 0 Å². The van der Waals surface area contributed by atoms with Crippen LogP contribution in [0.25, 0.3) is 5.65 Å². The lowest BCUT2D eigenvalue weighted by molar-refractivity contribution is 0.467. The third kappa shape index (κ3) is 1.88. The lowest BCUT2D eigenvalue weighted by Crippen LogP contribution is -1.96. The lowest BCUT2D eigenvalue weighted by Gasteiger charge is -2.07. The van der Waals surface area contributed by atoms with E-state index in [-0.39, 0.29) is 0 Å². The number of hydrogen-bond donors (Lipinski definition) is 1. The molecule has 1 aromatic carbocycles. The molecule has 0 radical (unpaired) electrons. The molecule has 18 heavy (non-hydrogen) atoms. The highest BCUT2D eigenvalue weighted by molar-refractivity contribution is 9.10. The van der Waals surface area contributed by atoms with Crippen LogP contribution in [-0.2, 0) is 0 Å². The molecule has 3 rings (SSSR count). The number of fused-ring (bicyclic) bond motifs is 1. The van der Waals surface area contributed by atoms with Crippen molar-refractivity contribution in [1.29, 1.82) is 0 Å². The van der Waals surface area contributed by atoms with Gasteiger partial charge in [0.15, 0.2) is 5.75 Å². The maximum absolute atomic E-state index is 5.86. The number of anilines is 1. The minimum atomic E-state index is 0.365. The zero-order valence-electron chi connectivity index (χ0n) is 9.12. The molecule has 6 nitrogen and oxygen atoms in total. The molecule has 0 saturated carbocycles. The normalized spacial score (nSPS) is 10.7. The van der Waals surface area contributed by atoms with Crippen LogP contribution >= 0.6 is 15.9 Å². The molecule has 0 fully saturated rings. The first-order chi connectivity index (χ1) is 8.74. The molecule has 0 atom stereocenters. The highest BCUT2D eigenvalue weighted by Gasteiger charge is 2.09. The van der Waals surface area contributed by atoms with Gasteiger partial charge in [-0.3, -0.25) is 4.40 Å². The fraction of sp³-hybridized carbons (Fsp3) is 0. The summed E-state index contributed by atoms with van der Waals surface area (Å²) in [6.07, 6.45) is 4.93.